The number of hydrogen-bond donors (Lipinski definition) is 0. The smallest absolute Gasteiger partial charge is 0.309 e. The van der Waals surface area contributed by atoms with Crippen LogP contribution in [0.1, 0.15) is 26.2 Å². The molecule has 1 aliphatic carbocycles. The summed E-state index contributed by atoms with van der Waals surface area (Å²) >= 11 is 0. The molecule has 0 heterocycles. The number of hydrogen-bond acceptors (Lipinski definition) is 3. The van der Waals surface area contributed by atoms with Crippen LogP contribution in [0.3, 0.4) is 0 Å². The van der Waals surface area contributed by atoms with Gasteiger partial charge in [0.05, 0.1) is 13.0 Å². The van der Waals surface area contributed by atoms with Gasteiger partial charge in [-0.3, -0.25) is 9.59 Å². The Kier molecular flexibility index (Phi) is 2.84. The maximum absolute atomic E-state index is 11.1. The van der Waals surface area contributed by atoms with Crippen LogP contribution in [0.25, 0.3) is 0 Å². The topological polar surface area (TPSA) is 43.4 Å². The molecule has 2 atom stereocenters. The van der Waals surface area contributed by atoms with E-state index in [0.29, 0.717) is 18.8 Å². The molecule has 1 rings (SSSR count). The highest BCUT2D eigenvalue weighted by atomic mass is 16.5. The van der Waals surface area contributed by atoms with Gasteiger partial charge in [-0.1, -0.05) is 6.92 Å². The predicted octanol–water partition coefficient (Wildman–Crippen LogP) is 1.16. The summed E-state index contributed by atoms with van der Waals surface area (Å²) in [5, 5.41) is 0. The molecule has 0 amide bonds. The summed E-state index contributed by atoms with van der Waals surface area (Å²) in [6, 6.07) is 0. The van der Waals surface area contributed by atoms with Crippen LogP contribution >= 0.6 is 0 Å². The van der Waals surface area contributed by atoms with Crippen LogP contribution in [0.15, 0.2) is 0 Å². The molecular formula is C9H14O3. The summed E-state index contributed by atoms with van der Waals surface area (Å²) in [5.74, 6) is 0.0839. The molecule has 1 fully saturated rings. The molecule has 0 aromatic rings. The van der Waals surface area contributed by atoms with Crippen molar-refractivity contribution in [1.29, 1.82) is 0 Å². The monoisotopic (exact) mass is 170 g/mol. The third-order valence-electron chi connectivity index (χ3n) is 2.27. The van der Waals surface area contributed by atoms with Gasteiger partial charge in [0.2, 0.25) is 0 Å². The normalized spacial score (nSPS) is 30.0. The van der Waals surface area contributed by atoms with Crippen LogP contribution in [0.2, 0.25) is 0 Å². The number of rotatable bonds is 1. The molecule has 0 spiro atoms. The summed E-state index contributed by atoms with van der Waals surface area (Å²) in [5.41, 5.74) is 0. The minimum Gasteiger partial charge on any atom is -0.469 e. The number of methoxy groups -OCH3 is 1. The molecule has 1 aliphatic rings. The van der Waals surface area contributed by atoms with Crippen molar-refractivity contribution in [2.75, 3.05) is 7.11 Å². The van der Waals surface area contributed by atoms with Gasteiger partial charge in [0.1, 0.15) is 5.78 Å². The van der Waals surface area contributed by atoms with E-state index in [1.807, 2.05) is 6.92 Å². The quantitative estimate of drug-likeness (QED) is 0.555. The van der Waals surface area contributed by atoms with E-state index in [-0.39, 0.29) is 17.7 Å². The van der Waals surface area contributed by atoms with E-state index in [2.05, 4.69) is 4.74 Å². The average Bonchev–Trinajstić information content (AvgIpc) is 2.01. The van der Waals surface area contributed by atoms with Crippen LogP contribution in [0, 0.1) is 11.8 Å². The molecule has 0 aliphatic heterocycles. The maximum atomic E-state index is 11.1. The lowest BCUT2D eigenvalue weighted by molar-refractivity contribution is -0.149. The molecule has 0 radical (unpaired) electrons. The highest BCUT2D eigenvalue weighted by Gasteiger charge is 2.30. The zero-order valence-corrected chi connectivity index (χ0v) is 7.50. The van der Waals surface area contributed by atoms with Gasteiger partial charge in [0.15, 0.2) is 0 Å². The molecule has 0 bridgehead atoms. The highest BCUT2D eigenvalue weighted by molar-refractivity contribution is 5.85. The maximum Gasteiger partial charge on any atom is 0.309 e. The predicted molar refractivity (Wildman–Crippen MR) is 43.5 cm³/mol. The number of ketones is 1. The Balaban J connectivity index is 2.55. The number of esters is 1. The average molecular weight is 170 g/mol. The van der Waals surface area contributed by atoms with E-state index in [9.17, 15) is 9.59 Å². The van der Waals surface area contributed by atoms with Crippen LogP contribution in [-0.2, 0) is 14.3 Å². The molecular weight excluding hydrogens is 156 g/mol. The van der Waals surface area contributed by atoms with Crippen molar-refractivity contribution >= 4 is 11.8 Å². The second-order valence-electron chi connectivity index (χ2n) is 3.51. The largest absolute Gasteiger partial charge is 0.469 e. The minimum atomic E-state index is -0.241. The molecule has 1 saturated carbocycles. The van der Waals surface area contributed by atoms with E-state index in [0.717, 1.165) is 6.42 Å². The Labute approximate surface area is 72.1 Å². The first kappa shape index (κ1) is 9.23. The van der Waals surface area contributed by atoms with Gasteiger partial charge < -0.3 is 4.74 Å². The summed E-state index contributed by atoms with van der Waals surface area (Å²) in [6.07, 6.45) is 1.78. The molecule has 12 heavy (non-hydrogen) atoms. The van der Waals surface area contributed by atoms with Crippen molar-refractivity contribution in [1.82, 2.24) is 0 Å². The SMILES string of the molecule is COC(=O)[C@@H]1CC(=O)C[C@@H](C)C1. The third-order valence-corrected chi connectivity index (χ3v) is 2.27. The van der Waals surface area contributed by atoms with E-state index in [4.69, 9.17) is 0 Å². The summed E-state index contributed by atoms with van der Waals surface area (Å²) in [6.45, 7) is 1.99. The number of carbonyl (C=O) groups is 2. The van der Waals surface area contributed by atoms with Gasteiger partial charge >= 0.3 is 5.97 Å². The molecule has 0 saturated heterocycles. The van der Waals surface area contributed by atoms with E-state index >= 15 is 0 Å². The zero-order valence-electron chi connectivity index (χ0n) is 7.50. The molecule has 0 aromatic heterocycles. The van der Waals surface area contributed by atoms with E-state index in [1.54, 1.807) is 0 Å². The molecule has 0 unspecified atom stereocenters. The van der Waals surface area contributed by atoms with Gasteiger partial charge in [-0.15, -0.1) is 0 Å². The lowest BCUT2D eigenvalue weighted by atomic mass is 9.82. The fourth-order valence-corrected chi connectivity index (χ4v) is 1.75. The first-order chi connectivity index (χ1) is 5.63. The van der Waals surface area contributed by atoms with Gasteiger partial charge in [-0.25, -0.2) is 0 Å². The number of Topliss-reactive ketones (excluding diaryl/α,β-unsaturated/α-hetero) is 1. The summed E-state index contributed by atoms with van der Waals surface area (Å²) in [4.78, 5) is 22.2. The van der Waals surface area contributed by atoms with Crippen LogP contribution in [-0.4, -0.2) is 18.9 Å². The van der Waals surface area contributed by atoms with Gasteiger partial charge in [-0.05, 0) is 12.3 Å². The van der Waals surface area contributed by atoms with Crippen molar-refractivity contribution in [2.24, 2.45) is 11.8 Å². The van der Waals surface area contributed by atoms with Crippen LogP contribution in [0.5, 0.6) is 0 Å². The van der Waals surface area contributed by atoms with Gasteiger partial charge in [0, 0.05) is 12.8 Å². The van der Waals surface area contributed by atoms with Crippen molar-refractivity contribution in [3.63, 3.8) is 0 Å². The third kappa shape index (κ3) is 2.06. The first-order valence-electron chi connectivity index (χ1n) is 4.23. The van der Waals surface area contributed by atoms with Gasteiger partial charge in [0.25, 0.3) is 0 Å². The fraction of sp³-hybridized carbons (Fsp3) is 0.778. The number of carbonyl (C=O) groups excluding carboxylic acids is 2. The molecule has 3 nitrogen and oxygen atoms in total. The Hall–Kier alpha value is -0.860. The molecule has 0 aromatic carbocycles. The van der Waals surface area contributed by atoms with Crippen LogP contribution in [0.4, 0.5) is 0 Å². The second kappa shape index (κ2) is 3.70. The van der Waals surface area contributed by atoms with Gasteiger partial charge in [-0.2, -0.15) is 0 Å². The summed E-state index contributed by atoms with van der Waals surface area (Å²) in [7, 11) is 1.37. The lowest BCUT2D eigenvalue weighted by Crippen LogP contribution is -2.27. The molecule has 3 heteroatoms. The molecule has 0 N–H and O–H groups in total. The van der Waals surface area contributed by atoms with E-state index < -0.39 is 0 Å². The Bertz CT molecular complexity index is 198. The minimum absolute atomic E-state index is 0.184. The van der Waals surface area contributed by atoms with Crippen molar-refractivity contribution < 1.29 is 14.3 Å². The Morgan fingerprint density at radius 1 is 1.50 bits per heavy atom. The molecule has 68 valence electrons. The summed E-state index contributed by atoms with van der Waals surface area (Å²) < 4.78 is 4.60. The van der Waals surface area contributed by atoms with Crippen molar-refractivity contribution in [3.05, 3.63) is 0 Å². The Morgan fingerprint density at radius 2 is 2.17 bits per heavy atom. The lowest BCUT2D eigenvalue weighted by Gasteiger charge is -2.23. The van der Waals surface area contributed by atoms with Crippen LogP contribution < -0.4 is 0 Å². The zero-order chi connectivity index (χ0) is 9.14. The van der Waals surface area contributed by atoms with E-state index in [1.165, 1.54) is 7.11 Å². The Morgan fingerprint density at radius 3 is 2.67 bits per heavy atom. The number of ether oxygens (including phenoxy) is 1. The first-order valence-corrected chi connectivity index (χ1v) is 4.23. The standard InChI is InChI=1S/C9H14O3/c1-6-3-7(9(11)12-2)5-8(10)4-6/h6-7H,3-5H2,1-2H3/t6-,7-/m0/s1. The second-order valence-corrected chi connectivity index (χ2v) is 3.51. The van der Waals surface area contributed by atoms with Crippen molar-refractivity contribution in [3.8, 4) is 0 Å². The van der Waals surface area contributed by atoms with Crippen molar-refractivity contribution in [2.45, 2.75) is 26.2 Å². The highest BCUT2D eigenvalue weighted by Crippen LogP contribution is 2.26. The fourth-order valence-electron chi connectivity index (χ4n) is 1.75.